The highest BCUT2D eigenvalue weighted by atomic mass is 15.3. The Hall–Kier alpha value is -2.40. The van der Waals surface area contributed by atoms with Crippen molar-refractivity contribution in [1.82, 2.24) is 14.6 Å². The molecule has 2 N–H and O–H groups in total. The van der Waals surface area contributed by atoms with Gasteiger partial charge >= 0.3 is 0 Å². The van der Waals surface area contributed by atoms with Crippen molar-refractivity contribution in [3.8, 4) is 0 Å². The van der Waals surface area contributed by atoms with E-state index in [1.807, 2.05) is 35.8 Å². The molecular formula is C16H19N5. The smallest absolute Gasteiger partial charge is 0.159 e. The summed E-state index contributed by atoms with van der Waals surface area (Å²) in [6.45, 7) is 3.48. The minimum absolute atomic E-state index is 0.657. The van der Waals surface area contributed by atoms with Gasteiger partial charge in [-0.15, -0.1) is 0 Å². The van der Waals surface area contributed by atoms with E-state index >= 15 is 0 Å². The van der Waals surface area contributed by atoms with Gasteiger partial charge in [0.2, 0.25) is 0 Å². The first-order chi connectivity index (χ1) is 10.3. The molecule has 0 bridgehead atoms. The maximum absolute atomic E-state index is 5.69. The van der Waals surface area contributed by atoms with E-state index in [2.05, 4.69) is 33.2 Å². The summed E-state index contributed by atoms with van der Waals surface area (Å²) >= 11 is 0. The fourth-order valence-electron chi connectivity index (χ4n) is 2.45. The average molecular weight is 281 g/mol. The predicted octanol–water partition coefficient (Wildman–Crippen LogP) is 2.52. The molecule has 0 spiro atoms. The number of para-hydroxylation sites is 1. The molecule has 3 aromatic rings. The topological polar surface area (TPSA) is 59.5 Å². The normalized spacial score (nSPS) is 11.0. The van der Waals surface area contributed by atoms with Crippen LogP contribution >= 0.6 is 0 Å². The molecule has 3 rings (SSSR count). The number of hydrogen-bond donors (Lipinski definition) is 1. The summed E-state index contributed by atoms with van der Waals surface area (Å²) in [4.78, 5) is 6.77. The lowest BCUT2D eigenvalue weighted by molar-refractivity contribution is 0.807. The molecule has 5 heteroatoms. The van der Waals surface area contributed by atoms with Crippen molar-refractivity contribution in [2.75, 3.05) is 18.0 Å². The zero-order chi connectivity index (χ0) is 14.7. The first-order valence-electron chi connectivity index (χ1n) is 7.13. The van der Waals surface area contributed by atoms with E-state index in [1.165, 1.54) is 0 Å². The van der Waals surface area contributed by atoms with Crippen molar-refractivity contribution in [3.63, 3.8) is 0 Å². The van der Waals surface area contributed by atoms with Crippen molar-refractivity contribution in [3.05, 3.63) is 54.5 Å². The highest BCUT2D eigenvalue weighted by molar-refractivity contribution is 5.75. The van der Waals surface area contributed by atoms with Gasteiger partial charge in [-0.1, -0.05) is 18.2 Å². The number of aromatic nitrogens is 3. The summed E-state index contributed by atoms with van der Waals surface area (Å²) in [5, 5.41) is 4.46. The van der Waals surface area contributed by atoms with Crippen LogP contribution < -0.4 is 10.6 Å². The van der Waals surface area contributed by atoms with Gasteiger partial charge < -0.3 is 10.6 Å². The van der Waals surface area contributed by atoms with Crippen LogP contribution in [0.2, 0.25) is 0 Å². The zero-order valence-electron chi connectivity index (χ0n) is 12.1. The van der Waals surface area contributed by atoms with Crippen molar-refractivity contribution in [1.29, 1.82) is 0 Å². The molecule has 0 fully saturated rings. The molecule has 0 aliphatic heterocycles. The fraction of sp³-hybridized carbons (Fsp3) is 0.250. The molecule has 2 heterocycles. The highest BCUT2D eigenvalue weighted by Gasteiger charge is 2.14. The molecule has 0 radical (unpaired) electrons. The van der Waals surface area contributed by atoms with Crippen LogP contribution in [0.15, 0.2) is 48.8 Å². The Bertz CT molecular complexity index is 720. The maximum Gasteiger partial charge on any atom is 0.159 e. The number of anilines is 2. The van der Waals surface area contributed by atoms with Crippen LogP contribution in [0.1, 0.15) is 12.1 Å². The van der Waals surface area contributed by atoms with Gasteiger partial charge in [0.05, 0.1) is 5.69 Å². The summed E-state index contributed by atoms with van der Waals surface area (Å²) < 4.78 is 1.87. The number of nitrogens with zero attached hydrogens (tertiary/aromatic N) is 4. The van der Waals surface area contributed by atoms with Gasteiger partial charge in [-0.25, -0.2) is 9.50 Å². The number of hydrogen-bond acceptors (Lipinski definition) is 4. The highest BCUT2D eigenvalue weighted by Crippen LogP contribution is 2.27. The van der Waals surface area contributed by atoms with Gasteiger partial charge in [0.15, 0.2) is 5.82 Å². The standard InChI is InChI=1S/C16H19N5/c1-13-12-15-16(18-9-11-21(15)19-13)20(10-5-8-17)14-6-3-2-4-7-14/h2-4,6-7,9,11-12H,5,8,10,17H2,1H3. The van der Waals surface area contributed by atoms with Gasteiger partial charge in [-0.3, -0.25) is 0 Å². The van der Waals surface area contributed by atoms with Crippen LogP contribution in [0.5, 0.6) is 0 Å². The number of benzene rings is 1. The Morgan fingerprint density at radius 2 is 2.05 bits per heavy atom. The number of fused-ring (bicyclic) bond motifs is 1. The van der Waals surface area contributed by atoms with Crippen LogP contribution in [0.3, 0.4) is 0 Å². The lowest BCUT2D eigenvalue weighted by Gasteiger charge is -2.24. The molecule has 5 nitrogen and oxygen atoms in total. The third kappa shape index (κ3) is 2.73. The zero-order valence-corrected chi connectivity index (χ0v) is 12.1. The van der Waals surface area contributed by atoms with Crippen LogP contribution in [0.4, 0.5) is 11.5 Å². The Labute approximate surface area is 124 Å². The minimum Gasteiger partial charge on any atom is -0.330 e. The van der Waals surface area contributed by atoms with E-state index in [1.54, 1.807) is 6.20 Å². The van der Waals surface area contributed by atoms with Crippen LogP contribution in [0, 0.1) is 6.92 Å². The first kappa shape index (κ1) is 13.6. The van der Waals surface area contributed by atoms with E-state index in [-0.39, 0.29) is 0 Å². The van der Waals surface area contributed by atoms with E-state index < -0.39 is 0 Å². The Morgan fingerprint density at radius 1 is 1.24 bits per heavy atom. The van der Waals surface area contributed by atoms with E-state index in [0.29, 0.717) is 6.54 Å². The molecule has 0 atom stereocenters. The maximum atomic E-state index is 5.69. The molecule has 0 aliphatic rings. The van der Waals surface area contributed by atoms with Gasteiger partial charge in [-0.05, 0) is 38.1 Å². The second kappa shape index (κ2) is 5.93. The van der Waals surface area contributed by atoms with E-state index in [0.717, 1.165) is 35.7 Å². The monoisotopic (exact) mass is 281 g/mol. The molecule has 0 amide bonds. The molecule has 0 aliphatic carbocycles. The molecule has 108 valence electrons. The molecule has 0 unspecified atom stereocenters. The minimum atomic E-state index is 0.657. The molecule has 2 aromatic heterocycles. The van der Waals surface area contributed by atoms with Crippen LogP contribution in [0.25, 0.3) is 5.52 Å². The summed E-state index contributed by atoms with van der Waals surface area (Å²) in [6.07, 6.45) is 4.57. The third-order valence-corrected chi connectivity index (χ3v) is 3.40. The fourth-order valence-corrected chi connectivity index (χ4v) is 2.45. The largest absolute Gasteiger partial charge is 0.330 e. The Balaban J connectivity index is 2.09. The number of nitrogens with two attached hydrogens (primary N) is 1. The molecular weight excluding hydrogens is 262 g/mol. The number of rotatable bonds is 5. The van der Waals surface area contributed by atoms with Gasteiger partial charge in [0, 0.05) is 24.6 Å². The SMILES string of the molecule is Cc1cc2c(N(CCCN)c3ccccc3)nccn2n1. The van der Waals surface area contributed by atoms with Gasteiger partial charge in [0.1, 0.15) is 5.52 Å². The lowest BCUT2D eigenvalue weighted by Crippen LogP contribution is -2.22. The summed E-state index contributed by atoms with van der Waals surface area (Å²) in [7, 11) is 0. The summed E-state index contributed by atoms with van der Waals surface area (Å²) in [5.41, 5.74) is 8.79. The van der Waals surface area contributed by atoms with Crippen molar-refractivity contribution < 1.29 is 0 Å². The predicted molar refractivity (Wildman–Crippen MR) is 84.8 cm³/mol. The average Bonchev–Trinajstić information content (AvgIpc) is 2.89. The first-order valence-corrected chi connectivity index (χ1v) is 7.13. The van der Waals surface area contributed by atoms with Crippen LogP contribution in [-0.2, 0) is 0 Å². The van der Waals surface area contributed by atoms with E-state index in [9.17, 15) is 0 Å². The Morgan fingerprint density at radius 3 is 2.81 bits per heavy atom. The van der Waals surface area contributed by atoms with Crippen molar-refractivity contribution in [2.24, 2.45) is 5.73 Å². The second-order valence-electron chi connectivity index (χ2n) is 5.00. The quantitative estimate of drug-likeness (QED) is 0.780. The molecule has 1 aromatic carbocycles. The van der Waals surface area contributed by atoms with Crippen molar-refractivity contribution >= 4 is 17.0 Å². The van der Waals surface area contributed by atoms with E-state index in [4.69, 9.17) is 5.73 Å². The lowest BCUT2D eigenvalue weighted by atomic mass is 10.2. The summed E-state index contributed by atoms with van der Waals surface area (Å²) in [6, 6.07) is 12.3. The van der Waals surface area contributed by atoms with Crippen molar-refractivity contribution in [2.45, 2.75) is 13.3 Å². The third-order valence-electron chi connectivity index (χ3n) is 3.40. The molecule has 0 saturated carbocycles. The number of aryl methyl sites for hydroxylation is 1. The van der Waals surface area contributed by atoms with Gasteiger partial charge in [-0.2, -0.15) is 5.10 Å². The van der Waals surface area contributed by atoms with Gasteiger partial charge in [0.25, 0.3) is 0 Å². The van der Waals surface area contributed by atoms with Crippen LogP contribution in [-0.4, -0.2) is 27.7 Å². The molecule has 0 saturated heterocycles. The second-order valence-corrected chi connectivity index (χ2v) is 5.00. The summed E-state index contributed by atoms with van der Waals surface area (Å²) in [5.74, 6) is 0.915. The Kier molecular flexibility index (Phi) is 3.83. The molecule has 21 heavy (non-hydrogen) atoms.